The SMILES string of the molecule is CN=CCc1ccc(N2CCOCC2)cc1. The molecule has 16 heavy (non-hydrogen) atoms. The summed E-state index contributed by atoms with van der Waals surface area (Å²) in [7, 11) is 1.81. The molecule has 1 aliphatic heterocycles. The fourth-order valence-electron chi connectivity index (χ4n) is 1.86. The summed E-state index contributed by atoms with van der Waals surface area (Å²) >= 11 is 0. The third-order valence-electron chi connectivity index (χ3n) is 2.82. The summed E-state index contributed by atoms with van der Waals surface area (Å²) in [5.74, 6) is 0. The number of aliphatic imine (C=N–C) groups is 1. The van der Waals surface area contributed by atoms with Crippen molar-refractivity contribution in [1.29, 1.82) is 0 Å². The van der Waals surface area contributed by atoms with Crippen LogP contribution in [0.5, 0.6) is 0 Å². The van der Waals surface area contributed by atoms with Crippen LogP contribution in [0, 0.1) is 0 Å². The van der Waals surface area contributed by atoms with Crippen molar-refractivity contribution in [3.63, 3.8) is 0 Å². The Morgan fingerprint density at radius 2 is 1.94 bits per heavy atom. The Morgan fingerprint density at radius 1 is 1.25 bits per heavy atom. The molecule has 0 amide bonds. The summed E-state index contributed by atoms with van der Waals surface area (Å²) in [6, 6.07) is 8.72. The van der Waals surface area contributed by atoms with Gasteiger partial charge in [-0.05, 0) is 17.7 Å². The maximum absolute atomic E-state index is 5.34. The lowest BCUT2D eigenvalue weighted by atomic mass is 10.1. The van der Waals surface area contributed by atoms with E-state index in [9.17, 15) is 0 Å². The van der Waals surface area contributed by atoms with Crippen LogP contribution in [0.15, 0.2) is 29.3 Å². The predicted octanol–water partition coefficient (Wildman–Crippen LogP) is 1.77. The van der Waals surface area contributed by atoms with Crippen LogP contribution in [-0.2, 0) is 11.2 Å². The van der Waals surface area contributed by atoms with Gasteiger partial charge in [0.05, 0.1) is 13.2 Å². The van der Waals surface area contributed by atoms with Crippen LogP contribution in [0.3, 0.4) is 0 Å². The molecule has 0 atom stereocenters. The van der Waals surface area contributed by atoms with Gasteiger partial charge in [-0.3, -0.25) is 0 Å². The van der Waals surface area contributed by atoms with Gasteiger partial charge in [0.15, 0.2) is 0 Å². The van der Waals surface area contributed by atoms with E-state index in [1.54, 1.807) is 0 Å². The number of hydrogen-bond acceptors (Lipinski definition) is 3. The van der Waals surface area contributed by atoms with Crippen LogP contribution in [0.4, 0.5) is 5.69 Å². The molecule has 1 aromatic carbocycles. The normalized spacial score (nSPS) is 16.9. The molecule has 1 saturated heterocycles. The second kappa shape index (κ2) is 5.66. The van der Waals surface area contributed by atoms with Gasteiger partial charge in [-0.2, -0.15) is 0 Å². The Morgan fingerprint density at radius 3 is 2.56 bits per heavy atom. The van der Waals surface area contributed by atoms with Crippen molar-refractivity contribution >= 4 is 11.9 Å². The maximum atomic E-state index is 5.34. The van der Waals surface area contributed by atoms with Gasteiger partial charge >= 0.3 is 0 Å². The molecule has 1 aromatic rings. The topological polar surface area (TPSA) is 24.8 Å². The van der Waals surface area contributed by atoms with Crippen LogP contribution >= 0.6 is 0 Å². The van der Waals surface area contributed by atoms with E-state index in [2.05, 4.69) is 34.2 Å². The largest absolute Gasteiger partial charge is 0.378 e. The lowest BCUT2D eigenvalue weighted by Crippen LogP contribution is -2.36. The Hall–Kier alpha value is -1.35. The number of benzene rings is 1. The molecule has 86 valence electrons. The molecule has 1 aliphatic rings. The molecular weight excluding hydrogens is 200 g/mol. The Balaban J connectivity index is 2.00. The first-order chi connectivity index (χ1) is 7.90. The van der Waals surface area contributed by atoms with E-state index in [4.69, 9.17) is 4.74 Å². The zero-order valence-corrected chi connectivity index (χ0v) is 9.72. The molecule has 0 unspecified atom stereocenters. The summed E-state index contributed by atoms with van der Waals surface area (Å²) in [6.45, 7) is 3.67. The molecule has 3 nitrogen and oxygen atoms in total. The van der Waals surface area contributed by atoms with Gasteiger partial charge in [0.1, 0.15) is 0 Å². The minimum Gasteiger partial charge on any atom is -0.378 e. The van der Waals surface area contributed by atoms with Crippen molar-refractivity contribution in [2.24, 2.45) is 4.99 Å². The number of rotatable bonds is 3. The number of hydrogen-bond donors (Lipinski definition) is 0. The summed E-state index contributed by atoms with van der Waals surface area (Å²) in [5.41, 5.74) is 2.60. The number of morpholine rings is 1. The smallest absolute Gasteiger partial charge is 0.0642 e. The monoisotopic (exact) mass is 218 g/mol. The summed E-state index contributed by atoms with van der Waals surface area (Å²) in [4.78, 5) is 6.35. The van der Waals surface area contributed by atoms with Crippen molar-refractivity contribution in [2.75, 3.05) is 38.3 Å². The van der Waals surface area contributed by atoms with E-state index in [-0.39, 0.29) is 0 Å². The second-order valence-electron chi connectivity index (χ2n) is 3.91. The van der Waals surface area contributed by atoms with Gasteiger partial charge in [-0.25, -0.2) is 0 Å². The van der Waals surface area contributed by atoms with E-state index in [1.165, 1.54) is 11.3 Å². The molecular formula is C13H18N2O. The minimum atomic E-state index is 0.838. The first-order valence-corrected chi connectivity index (χ1v) is 5.72. The van der Waals surface area contributed by atoms with E-state index in [0.29, 0.717) is 0 Å². The Kier molecular flexibility index (Phi) is 3.94. The molecule has 3 heteroatoms. The quantitative estimate of drug-likeness (QED) is 0.722. The van der Waals surface area contributed by atoms with Crippen LogP contribution in [0.2, 0.25) is 0 Å². The second-order valence-corrected chi connectivity index (χ2v) is 3.91. The summed E-state index contributed by atoms with van der Waals surface area (Å²) in [6.07, 6.45) is 2.85. The maximum Gasteiger partial charge on any atom is 0.0642 e. The van der Waals surface area contributed by atoms with Crippen molar-refractivity contribution < 1.29 is 4.74 Å². The highest BCUT2D eigenvalue weighted by Gasteiger charge is 2.10. The average Bonchev–Trinajstić information content (AvgIpc) is 2.38. The molecule has 1 fully saturated rings. The van der Waals surface area contributed by atoms with Gasteiger partial charge < -0.3 is 14.6 Å². The Labute approximate surface area is 96.7 Å². The molecule has 0 radical (unpaired) electrons. The summed E-state index contributed by atoms with van der Waals surface area (Å²) < 4.78 is 5.34. The molecule has 2 rings (SSSR count). The Bertz CT molecular complexity index is 339. The number of anilines is 1. The van der Waals surface area contributed by atoms with Crippen LogP contribution in [0.1, 0.15) is 5.56 Å². The molecule has 0 spiro atoms. The van der Waals surface area contributed by atoms with Crippen molar-refractivity contribution in [1.82, 2.24) is 0 Å². The lowest BCUT2D eigenvalue weighted by Gasteiger charge is -2.28. The van der Waals surface area contributed by atoms with Crippen LogP contribution < -0.4 is 4.90 Å². The van der Waals surface area contributed by atoms with E-state index in [0.717, 1.165) is 32.7 Å². The van der Waals surface area contributed by atoms with Crippen molar-refractivity contribution in [2.45, 2.75) is 6.42 Å². The van der Waals surface area contributed by atoms with Crippen molar-refractivity contribution in [3.05, 3.63) is 29.8 Å². The molecule has 0 N–H and O–H groups in total. The molecule has 1 heterocycles. The third kappa shape index (κ3) is 2.83. The molecule has 0 bridgehead atoms. The highest BCUT2D eigenvalue weighted by molar-refractivity contribution is 5.62. The fourth-order valence-corrected chi connectivity index (χ4v) is 1.86. The standard InChI is InChI=1S/C13H18N2O/c1-14-7-6-12-2-4-13(5-3-12)15-8-10-16-11-9-15/h2-5,7H,6,8-11H2,1H3. The van der Waals surface area contributed by atoms with Gasteiger partial charge in [0, 0.05) is 38.5 Å². The highest BCUT2D eigenvalue weighted by atomic mass is 16.5. The zero-order valence-electron chi connectivity index (χ0n) is 9.72. The lowest BCUT2D eigenvalue weighted by molar-refractivity contribution is 0.122. The van der Waals surface area contributed by atoms with Gasteiger partial charge in [0.25, 0.3) is 0 Å². The van der Waals surface area contributed by atoms with Gasteiger partial charge in [-0.15, -0.1) is 0 Å². The highest BCUT2D eigenvalue weighted by Crippen LogP contribution is 2.16. The average molecular weight is 218 g/mol. The molecule has 0 aliphatic carbocycles. The first kappa shape index (κ1) is 11.1. The van der Waals surface area contributed by atoms with Crippen LogP contribution in [0.25, 0.3) is 0 Å². The first-order valence-electron chi connectivity index (χ1n) is 5.72. The fraction of sp³-hybridized carbons (Fsp3) is 0.462. The van der Waals surface area contributed by atoms with E-state index >= 15 is 0 Å². The molecule has 0 saturated carbocycles. The number of ether oxygens (including phenoxy) is 1. The predicted molar refractivity (Wildman–Crippen MR) is 67.6 cm³/mol. The van der Waals surface area contributed by atoms with Crippen molar-refractivity contribution in [3.8, 4) is 0 Å². The third-order valence-corrected chi connectivity index (χ3v) is 2.82. The van der Waals surface area contributed by atoms with Gasteiger partial charge in [-0.1, -0.05) is 12.1 Å². The zero-order chi connectivity index (χ0) is 11.2. The van der Waals surface area contributed by atoms with E-state index in [1.807, 2.05) is 13.3 Å². The number of nitrogens with zero attached hydrogens (tertiary/aromatic N) is 2. The minimum absolute atomic E-state index is 0.838. The van der Waals surface area contributed by atoms with Gasteiger partial charge in [0.2, 0.25) is 0 Å². The van der Waals surface area contributed by atoms with E-state index < -0.39 is 0 Å². The van der Waals surface area contributed by atoms with Crippen LogP contribution in [-0.4, -0.2) is 39.6 Å². The summed E-state index contributed by atoms with van der Waals surface area (Å²) in [5, 5.41) is 0. The molecule has 0 aromatic heterocycles.